The largest absolute Gasteiger partial charge is 0.481 e. The second-order valence-corrected chi connectivity index (χ2v) is 9.72. The average molecular weight is 205 g/mol. The Morgan fingerprint density at radius 1 is 1.54 bits per heavy atom. The van der Waals surface area contributed by atoms with Gasteiger partial charge in [0.2, 0.25) is 6.54 Å². The highest BCUT2D eigenvalue weighted by molar-refractivity contribution is 6.77. The van der Waals surface area contributed by atoms with E-state index in [1.54, 1.807) is 0 Å². The summed E-state index contributed by atoms with van der Waals surface area (Å²) >= 11 is 0. The molecule has 1 unspecified atom stereocenters. The molecular weight excluding hydrogens is 190 g/mol. The maximum absolute atomic E-state index is 10.4. The van der Waals surface area contributed by atoms with Crippen molar-refractivity contribution in [3.8, 4) is 0 Å². The number of carbonyl (C=O) groups is 1. The van der Waals surface area contributed by atoms with Crippen LogP contribution < -0.4 is 0 Å². The minimum Gasteiger partial charge on any atom is -0.481 e. The first-order valence-electron chi connectivity index (χ1n) is 4.07. The van der Waals surface area contributed by atoms with Crippen molar-refractivity contribution in [3.05, 3.63) is 10.1 Å². The maximum atomic E-state index is 10.4. The Morgan fingerprint density at radius 2 is 2.00 bits per heavy atom. The Kier molecular flexibility index (Phi) is 4.05. The summed E-state index contributed by atoms with van der Waals surface area (Å²) in [4.78, 5) is 20.3. The summed E-state index contributed by atoms with van der Waals surface area (Å²) in [7, 11) is -1.73. The van der Waals surface area contributed by atoms with Crippen LogP contribution in [0.25, 0.3) is 0 Å². The molecule has 0 aliphatic rings. The molecule has 76 valence electrons. The second-order valence-electron chi connectivity index (χ2n) is 4.18. The van der Waals surface area contributed by atoms with Gasteiger partial charge in [0.15, 0.2) is 0 Å². The first kappa shape index (κ1) is 12.1. The van der Waals surface area contributed by atoms with E-state index in [-0.39, 0.29) is 18.5 Å². The van der Waals surface area contributed by atoms with Crippen molar-refractivity contribution in [2.75, 3.05) is 6.54 Å². The molecule has 0 rings (SSSR count). The average Bonchev–Trinajstić information content (AvgIpc) is 1.81. The van der Waals surface area contributed by atoms with Crippen LogP contribution in [-0.4, -0.2) is 30.6 Å². The molecule has 0 bridgehead atoms. The fourth-order valence-corrected chi connectivity index (χ4v) is 2.52. The van der Waals surface area contributed by atoms with E-state index in [4.69, 9.17) is 5.11 Å². The van der Waals surface area contributed by atoms with E-state index in [1.165, 1.54) is 0 Å². The van der Waals surface area contributed by atoms with Crippen molar-refractivity contribution in [2.24, 2.45) is 0 Å². The third kappa shape index (κ3) is 5.35. The number of carboxylic acids is 1. The Morgan fingerprint density at radius 3 is 2.23 bits per heavy atom. The topological polar surface area (TPSA) is 80.4 Å². The van der Waals surface area contributed by atoms with Crippen molar-refractivity contribution in [1.82, 2.24) is 0 Å². The molecule has 1 N–H and O–H groups in total. The minimum absolute atomic E-state index is 0.0866. The zero-order valence-corrected chi connectivity index (χ0v) is 9.11. The third-order valence-electron chi connectivity index (χ3n) is 2.02. The summed E-state index contributed by atoms with van der Waals surface area (Å²) in [6.45, 7) is 5.63. The smallest absolute Gasteiger partial charge is 0.303 e. The quantitative estimate of drug-likeness (QED) is 0.418. The van der Waals surface area contributed by atoms with Crippen LogP contribution in [0, 0.1) is 10.1 Å². The molecule has 0 aliphatic heterocycles. The zero-order chi connectivity index (χ0) is 10.6. The number of aliphatic carboxylic acids is 1. The van der Waals surface area contributed by atoms with E-state index in [9.17, 15) is 14.9 Å². The van der Waals surface area contributed by atoms with Crippen LogP contribution in [0.5, 0.6) is 0 Å². The highest BCUT2D eigenvalue weighted by Gasteiger charge is 2.32. The summed E-state index contributed by atoms with van der Waals surface area (Å²) in [5.74, 6) is -0.950. The molecular formula is C7H15NO4Si. The fourth-order valence-electron chi connectivity index (χ4n) is 1.04. The first-order valence-corrected chi connectivity index (χ1v) is 7.65. The fraction of sp³-hybridized carbons (Fsp3) is 0.857. The van der Waals surface area contributed by atoms with E-state index in [0.717, 1.165) is 0 Å². The molecule has 1 atom stereocenters. The molecule has 0 spiro atoms. The second kappa shape index (κ2) is 4.36. The monoisotopic (exact) mass is 205 g/mol. The van der Waals surface area contributed by atoms with Crippen molar-refractivity contribution >= 4 is 14.0 Å². The van der Waals surface area contributed by atoms with Gasteiger partial charge in [0, 0.05) is 10.5 Å². The van der Waals surface area contributed by atoms with Gasteiger partial charge in [0.05, 0.1) is 14.5 Å². The summed E-state index contributed by atoms with van der Waals surface area (Å²) < 4.78 is 0. The van der Waals surface area contributed by atoms with Gasteiger partial charge in [0.25, 0.3) is 0 Å². The maximum Gasteiger partial charge on any atom is 0.303 e. The molecule has 0 aromatic heterocycles. The van der Waals surface area contributed by atoms with Crippen LogP contribution in [-0.2, 0) is 4.79 Å². The predicted molar refractivity (Wildman–Crippen MR) is 51.2 cm³/mol. The van der Waals surface area contributed by atoms with Gasteiger partial charge >= 0.3 is 5.97 Å². The van der Waals surface area contributed by atoms with E-state index in [2.05, 4.69) is 0 Å². The molecule has 0 aromatic rings. The molecule has 0 aliphatic carbocycles. The molecule has 0 saturated heterocycles. The van der Waals surface area contributed by atoms with Gasteiger partial charge in [-0.2, -0.15) is 0 Å². The number of nitrogens with zero attached hydrogens (tertiary/aromatic N) is 1. The van der Waals surface area contributed by atoms with Crippen molar-refractivity contribution in [2.45, 2.75) is 31.6 Å². The molecule has 5 nitrogen and oxygen atoms in total. The normalized spacial score (nSPS) is 13.8. The van der Waals surface area contributed by atoms with E-state index in [0.29, 0.717) is 0 Å². The summed E-state index contributed by atoms with van der Waals surface area (Å²) in [5, 5.41) is 18.8. The van der Waals surface area contributed by atoms with E-state index in [1.807, 2.05) is 19.6 Å². The molecule has 0 radical (unpaired) electrons. The molecule has 0 aromatic carbocycles. The molecule has 13 heavy (non-hydrogen) atoms. The van der Waals surface area contributed by atoms with E-state index >= 15 is 0 Å². The summed E-state index contributed by atoms with van der Waals surface area (Å²) in [6.07, 6.45) is -0.0866. The number of carboxylic acid groups (broad SMARTS) is 1. The van der Waals surface area contributed by atoms with Gasteiger partial charge in [0.1, 0.15) is 0 Å². The van der Waals surface area contributed by atoms with Crippen molar-refractivity contribution in [3.63, 3.8) is 0 Å². The van der Waals surface area contributed by atoms with Gasteiger partial charge in [-0.25, -0.2) is 0 Å². The lowest BCUT2D eigenvalue weighted by atomic mass is 10.3. The Balaban J connectivity index is 4.37. The number of nitro groups is 1. The van der Waals surface area contributed by atoms with Crippen molar-refractivity contribution in [1.29, 1.82) is 0 Å². The predicted octanol–water partition coefficient (Wildman–Crippen LogP) is 1.45. The summed E-state index contributed by atoms with van der Waals surface area (Å²) in [5.41, 5.74) is -0.278. The lowest BCUT2D eigenvalue weighted by Crippen LogP contribution is -2.34. The van der Waals surface area contributed by atoms with Crippen LogP contribution in [0.15, 0.2) is 0 Å². The zero-order valence-electron chi connectivity index (χ0n) is 8.11. The third-order valence-corrected chi connectivity index (χ3v) is 4.85. The molecule has 0 fully saturated rings. The lowest BCUT2D eigenvalue weighted by molar-refractivity contribution is -0.480. The van der Waals surface area contributed by atoms with E-state index < -0.39 is 19.0 Å². The number of hydrogen-bond donors (Lipinski definition) is 1. The van der Waals surface area contributed by atoms with Crippen LogP contribution in [0.2, 0.25) is 25.2 Å². The number of rotatable bonds is 5. The number of hydrogen-bond acceptors (Lipinski definition) is 3. The van der Waals surface area contributed by atoms with Gasteiger partial charge in [-0.1, -0.05) is 19.6 Å². The molecule has 0 amide bonds. The Bertz CT molecular complexity index is 195. The van der Waals surface area contributed by atoms with Crippen LogP contribution in [0.1, 0.15) is 6.42 Å². The highest BCUT2D eigenvalue weighted by Crippen LogP contribution is 2.25. The molecule has 6 heteroatoms. The van der Waals surface area contributed by atoms with Crippen LogP contribution in [0.3, 0.4) is 0 Å². The summed E-state index contributed by atoms with van der Waals surface area (Å²) in [6, 6.07) is 0. The minimum atomic E-state index is -1.73. The standard InChI is InChI=1S/C7H15NO4Si/c1-13(2,3)6(4-7(9)10)5-8(11)12/h6H,4-5H2,1-3H3,(H,9,10). The Hall–Kier alpha value is -0.913. The van der Waals surface area contributed by atoms with Crippen molar-refractivity contribution < 1.29 is 14.8 Å². The lowest BCUT2D eigenvalue weighted by Gasteiger charge is -2.23. The van der Waals surface area contributed by atoms with Gasteiger partial charge in [-0.3, -0.25) is 14.9 Å². The first-order chi connectivity index (χ1) is 5.73. The van der Waals surface area contributed by atoms with Gasteiger partial charge in [-0.15, -0.1) is 0 Å². The Labute approximate surface area is 77.9 Å². The van der Waals surface area contributed by atoms with Crippen LogP contribution in [0.4, 0.5) is 0 Å². The molecule has 0 heterocycles. The molecule has 0 saturated carbocycles. The van der Waals surface area contributed by atoms with Crippen LogP contribution >= 0.6 is 0 Å². The SMILES string of the molecule is C[Si](C)(C)C(CC(=O)O)C[N+](=O)[O-]. The van der Waals surface area contributed by atoms with Gasteiger partial charge in [-0.05, 0) is 0 Å². The van der Waals surface area contributed by atoms with Gasteiger partial charge < -0.3 is 5.11 Å². The highest BCUT2D eigenvalue weighted by atomic mass is 28.3.